The minimum Gasteiger partial charge on any atom is -0.314 e. The Morgan fingerprint density at radius 1 is 1.00 bits per heavy atom. The summed E-state index contributed by atoms with van der Waals surface area (Å²) in [6.07, 6.45) is 0.834. The Morgan fingerprint density at radius 3 is 2.32 bits per heavy atom. The van der Waals surface area contributed by atoms with Crippen molar-refractivity contribution in [2.45, 2.75) is 12.5 Å². The Labute approximate surface area is 113 Å². The van der Waals surface area contributed by atoms with Gasteiger partial charge in [-0.15, -0.1) is 0 Å². The second-order valence-corrected chi connectivity index (χ2v) is 6.74. The summed E-state index contributed by atoms with van der Waals surface area (Å²) in [5.74, 6) is 0. The Kier molecular flexibility index (Phi) is 3.52. The average molecular weight is 273 g/mol. The second-order valence-electron chi connectivity index (χ2n) is 4.60. The minimum atomic E-state index is -2.94. The van der Waals surface area contributed by atoms with Gasteiger partial charge in [0.05, 0.1) is 11.9 Å². The van der Waals surface area contributed by atoms with Gasteiger partial charge in [0.15, 0.2) is 0 Å². The van der Waals surface area contributed by atoms with Crippen molar-refractivity contribution in [3.05, 3.63) is 66.2 Å². The summed E-state index contributed by atoms with van der Waals surface area (Å²) < 4.78 is 18.4. The van der Waals surface area contributed by atoms with Crippen LogP contribution in [-0.2, 0) is 9.09 Å². The molecule has 1 aliphatic rings. The van der Waals surface area contributed by atoms with Gasteiger partial charge in [-0.1, -0.05) is 48.5 Å². The van der Waals surface area contributed by atoms with E-state index in [1.807, 2.05) is 48.5 Å². The normalized spacial score (nSPS) is 27.1. The molecule has 0 aliphatic carbocycles. The van der Waals surface area contributed by atoms with E-state index in [9.17, 15) is 4.57 Å². The molecule has 0 spiro atoms. The topological polar surface area (TPSA) is 38.3 Å². The first-order chi connectivity index (χ1) is 9.28. The van der Waals surface area contributed by atoms with Crippen molar-refractivity contribution in [3.63, 3.8) is 0 Å². The zero-order valence-corrected chi connectivity index (χ0v) is 11.4. The van der Waals surface area contributed by atoms with Crippen molar-refractivity contribution < 1.29 is 9.09 Å². The van der Waals surface area contributed by atoms with Crippen molar-refractivity contribution in [2.24, 2.45) is 0 Å². The largest absolute Gasteiger partial charge is 0.314 e. The summed E-state index contributed by atoms with van der Waals surface area (Å²) in [6, 6.07) is 19.5. The first-order valence-electron chi connectivity index (χ1n) is 6.41. The van der Waals surface area contributed by atoms with Crippen molar-refractivity contribution in [3.8, 4) is 0 Å². The summed E-state index contributed by atoms with van der Waals surface area (Å²) >= 11 is 0. The SMILES string of the molecule is O=P1(c2ccccc2)NC(c2ccccc2)CCO1. The monoisotopic (exact) mass is 273 g/mol. The van der Waals surface area contributed by atoms with Gasteiger partial charge < -0.3 is 4.52 Å². The van der Waals surface area contributed by atoms with Crippen LogP contribution < -0.4 is 10.4 Å². The van der Waals surface area contributed by atoms with Gasteiger partial charge in [0.2, 0.25) is 0 Å². The smallest absolute Gasteiger partial charge is 0.300 e. The molecule has 98 valence electrons. The number of benzene rings is 2. The van der Waals surface area contributed by atoms with E-state index in [0.717, 1.165) is 17.3 Å². The van der Waals surface area contributed by atoms with E-state index in [-0.39, 0.29) is 6.04 Å². The Balaban J connectivity index is 1.88. The Bertz CT molecular complexity index is 586. The van der Waals surface area contributed by atoms with Gasteiger partial charge in [-0.2, -0.15) is 0 Å². The van der Waals surface area contributed by atoms with Gasteiger partial charge >= 0.3 is 0 Å². The fourth-order valence-electron chi connectivity index (χ4n) is 2.31. The quantitative estimate of drug-likeness (QED) is 0.853. The predicted molar refractivity (Wildman–Crippen MR) is 76.6 cm³/mol. The van der Waals surface area contributed by atoms with Crippen LogP contribution in [0.2, 0.25) is 0 Å². The maximum Gasteiger partial charge on any atom is 0.300 e. The van der Waals surface area contributed by atoms with Crippen LogP contribution in [0, 0.1) is 0 Å². The van der Waals surface area contributed by atoms with Gasteiger partial charge in [0.25, 0.3) is 7.52 Å². The number of rotatable bonds is 2. The van der Waals surface area contributed by atoms with Crippen LogP contribution in [0.15, 0.2) is 60.7 Å². The lowest BCUT2D eigenvalue weighted by Crippen LogP contribution is -2.31. The van der Waals surface area contributed by atoms with Gasteiger partial charge in [0.1, 0.15) is 0 Å². The third-order valence-electron chi connectivity index (χ3n) is 3.30. The lowest BCUT2D eigenvalue weighted by Gasteiger charge is -2.31. The van der Waals surface area contributed by atoms with Crippen molar-refractivity contribution in [1.82, 2.24) is 5.09 Å². The van der Waals surface area contributed by atoms with Gasteiger partial charge in [-0.3, -0.25) is 4.57 Å². The van der Waals surface area contributed by atoms with E-state index >= 15 is 0 Å². The highest BCUT2D eigenvalue weighted by Gasteiger charge is 2.33. The molecule has 0 bridgehead atoms. The molecule has 3 nitrogen and oxygen atoms in total. The zero-order chi connectivity index (χ0) is 13.1. The summed E-state index contributed by atoms with van der Waals surface area (Å²) in [6.45, 7) is 0.513. The third kappa shape index (κ3) is 2.64. The fraction of sp³-hybridized carbons (Fsp3) is 0.200. The van der Waals surface area contributed by atoms with Crippen molar-refractivity contribution in [1.29, 1.82) is 0 Å². The van der Waals surface area contributed by atoms with Gasteiger partial charge in [-0.05, 0) is 24.1 Å². The molecule has 1 heterocycles. The highest BCUT2D eigenvalue weighted by Crippen LogP contribution is 2.47. The molecular formula is C15H16NO2P. The van der Waals surface area contributed by atoms with E-state index in [1.54, 1.807) is 0 Å². The lowest BCUT2D eigenvalue weighted by atomic mass is 10.1. The molecular weight excluding hydrogens is 257 g/mol. The predicted octanol–water partition coefficient (Wildman–Crippen LogP) is 3.26. The molecule has 0 aromatic heterocycles. The van der Waals surface area contributed by atoms with Crippen LogP contribution in [0.25, 0.3) is 0 Å². The first-order valence-corrected chi connectivity index (χ1v) is 8.03. The molecule has 3 rings (SSSR count). The highest BCUT2D eigenvalue weighted by atomic mass is 31.2. The summed E-state index contributed by atoms with van der Waals surface area (Å²) in [5.41, 5.74) is 1.15. The van der Waals surface area contributed by atoms with Gasteiger partial charge in [-0.25, -0.2) is 5.09 Å². The molecule has 1 aliphatic heterocycles. The molecule has 1 saturated heterocycles. The van der Waals surface area contributed by atoms with Crippen LogP contribution >= 0.6 is 7.52 Å². The van der Waals surface area contributed by atoms with E-state index in [4.69, 9.17) is 4.52 Å². The van der Waals surface area contributed by atoms with Crippen LogP contribution in [0.5, 0.6) is 0 Å². The molecule has 0 radical (unpaired) electrons. The summed E-state index contributed by atoms with van der Waals surface area (Å²) in [5, 5.41) is 3.93. The van der Waals surface area contributed by atoms with Crippen LogP contribution in [0.4, 0.5) is 0 Å². The Morgan fingerprint density at radius 2 is 1.63 bits per heavy atom. The Hall–Kier alpha value is -1.41. The van der Waals surface area contributed by atoms with E-state index in [0.29, 0.717) is 6.61 Å². The summed E-state index contributed by atoms with van der Waals surface area (Å²) in [4.78, 5) is 0. The number of hydrogen-bond acceptors (Lipinski definition) is 2. The molecule has 2 aromatic carbocycles. The molecule has 2 aromatic rings. The van der Waals surface area contributed by atoms with Crippen LogP contribution in [0.3, 0.4) is 0 Å². The maximum atomic E-state index is 12.9. The molecule has 2 unspecified atom stereocenters. The molecule has 0 amide bonds. The van der Waals surface area contributed by atoms with Gasteiger partial charge in [0, 0.05) is 6.04 Å². The molecule has 4 heteroatoms. The van der Waals surface area contributed by atoms with E-state index < -0.39 is 7.52 Å². The van der Waals surface area contributed by atoms with E-state index in [1.165, 1.54) is 0 Å². The maximum absolute atomic E-state index is 12.9. The van der Waals surface area contributed by atoms with Crippen molar-refractivity contribution in [2.75, 3.05) is 6.61 Å². The standard InChI is InChI=1S/C15H16NO2P/c17-19(14-9-5-2-6-10-14)16-15(11-12-18-19)13-7-3-1-4-8-13/h1-10,15H,11-12H2,(H,16,17). The second kappa shape index (κ2) is 5.30. The average Bonchev–Trinajstić information content (AvgIpc) is 2.49. The molecule has 1 N–H and O–H groups in total. The lowest BCUT2D eigenvalue weighted by molar-refractivity contribution is 0.257. The van der Waals surface area contributed by atoms with Crippen LogP contribution in [0.1, 0.15) is 18.0 Å². The molecule has 1 fully saturated rings. The highest BCUT2D eigenvalue weighted by molar-refractivity contribution is 7.65. The number of hydrogen-bond donors (Lipinski definition) is 1. The third-order valence-corrected chi connectivity index (χ3v) is 5.48. The molecule has 19 heavy (non-hydrogen) atoms. The van der Waals surface area contributed by atoms with Crippen LogP contribution in [-0.4, -0.2) is 6.61 Å². The fourth-order valence-corrected chi connectivity index (χ4v) is 4.29. The first kappa shape index (κ1) is 12.6. The molecule has 2 atom stereocenters. The summed E-state index contributed by atoms with van der Waals surface area (Å²) in [7, 11) is -2.94. The zero-order valence-electron chi connectivity index (χ0n) is 10.5. The number of nitrogens with one attached hydrogen (secondary N) is 1. The van der Waals surface area contributed by atoms with E-state index in [2.05, 4.69) is 17.2 Å². The van der Waals surface area contributed by atoms with Crippen molar-refractivity contribution >= 4 is 12.8 Å². The minimum absolute atomic E-state index is 0.0842. The molecule has 0 saturated carbocycles.